The highest BCUT2D eigenvalue weighted by molar-refractivity contribution is 7.98. The van der Waals surface area contributed by atoms with Crippen molar-refractivity contribution >= 4 is 46.2 Å². The van der Waals surface area contributed by atoms with Gasteiger partial charge in [-0.05, 0) is 31.3 Å². The number of methoxy groups -OCH3 is 1. The zero-order chi connectivity index (χ0) is 19.4. The number of primary amides is 1. The second-order valence-electron chi connectivity index (χ2n) is 5.39. The lowest BCUT2D eigenvalue weighted by atomic mass is 10.1. The third-order valence-corrected chi connectivity index (χ3v) is 4.56. The third-order valence-electron chi connectivity index (χ3n) is 3.72. The first kappa shape index (κ1) is 19.1. The van der Waals surface area contributed by atoms with Gasteiger partial charge in [0.05, 0.1) is 28.9 Å². The largest absolute Gasteiger partial charge is 0.496 e. The van der Waals surface area contributed by atoms with Crippen molar-refractivity contribution in [3.63, 3.8) is 0 Å². The van der Waals surface area contributed by atoms with Crippen LogP contribution in [-0.4, -0.2) is 25.0 Å². The number of carbonyl (C=O) groups excluding carboxylic acids is 1. The van der Waals surface area contributed by atoms with Gasteiger partial charge in [-0.25, -0.2) is 4.72 Å². The fourth-order valence-electron chi connectivity index (χ4n) is 2.47. The van der Waals surface area contributed by atoms with Crippen molar-refractivity contribution < 1.29 is 14.3 Å². The summed E-state index contributed by atoms with van der Waals surface area (Å²) >= 11 is 7.59. The Morgan fingerprint density at radius 2 is 2.04 bits per heavy atom. The number of ether oxygens (including phenoxy) is 2. The van der Waals surface area contributed by atoms with Gasteiger partial charge in [0.2, 0.25) is 0 Å². The van der Waals surface area contributed by atoms with E-state index in [4.69, 9.17) is 26.8 Å². The van der Waals surface area contributed by atoms with Crippen LogP contribution in [0.4, 0.5) is 5.69 Å². The fourth-order valence-corrected chi connectivity index (χ4v) is 3.14. The van der Waals surface area contributed by atoms with Gasteiger partial charge in [-0.3, -0.25) is 9.78 Å². The number of nitrogens with one attached hydrogen (secondary N) is 2. The van der Waals surface area contributed by atoms with Crippen LogP contribution >= 0.6 is 23.7 Å². The summed E-state index contributed by atoms with van der Waals surface area (Å²) in [5.74, 6) is 0.833. The molecule has 3 aromatic rings. The lowest BCUT2D eigenvalue weighted by Crippen LogP contribution is -2.12. The molecule has 0 aliphatic heterocycles. The van der Waals surface area contributed by atoms with E-state index in [2.05, 4.69) is 14.4 Å². The molecule has 1 aromatic heterocycles. The Hall–Kier alpha value is -2.68. The van der Waals surface area contributed by atoms with E-state index >= 15 is 0 Å². The lowest BCUT2D eigenvalue weighted by molar-refractivity contribution is 0.0997. The molecule has 0 bridgehead atoms. The quantitative estimate of drug-likeness (QED) is 0.512. The number of nitrogens with zero attached hydrogens (tertiary/aromatic N) is 1. The summed E-state index contributed by atoms with van der Waals surface area (Å²) in [5, 5.41) is 1.14. The van der Waals surface area contributed by atoms with Crippen molar-refractivity contribution in [3.8, 4) is 17.2 Å². The first-order valence-electron chi connectivity index (χ1n) is 7.86. The Labute approximate surface area is 165 Å². The van der Waals surface area contributed by atoms with E-state index in [-0.39, 0.29) is 5.56 Å². The van der Waals surface area contributed by atoms with Gasteiger partial charge < -0.3 is 19.9 Å². The van der Waals surface area contributed by atoms with Crippen LogP contribution in [0.2, 0.25) is 5.02 Å². The number of amides is 1. The molecule has 9 heteroatoms. The zero-order valence-electron chi connectivity index (χ0n) is 14.6. The topological polar surface area (TPSA) is 98.5 Å². The average Bonchev–Trinajstić information content (AvgIpc) is 2.66. The molecule has 2 aromatic carbocycles. The standard InChI is InChI=1S/C18H17ClN4O3S/c1-21-27-23-14-4-3-10(7-13(14)19)26-16-5-6-22-15-9-17(25-2)12(18(20)24)8-11(15)16/h3-9,21,23H,1-2H3,(H2,20,24). The van der Waals surface area contributed by atoms with Gasteiger partial charge in [-0.2, -0.15) is 0 Å². The molecule has 0 aliphatic rings. The SMILES string of the molecule is CNSNc1ccc(Oc2ccnc3cc(OC)c(C(N)=O)cc23)cc1Cl. The molecule has 0 unspecified atom stereocenters. The highest BCUT2D eigenvalue weighted by Crippen LogP contribution is 2.35. The second kappa shape index (κ2) is 8.34. The fraction of sp³-hybridized carbons (Fsp3) is 0.111. The Balaban J connectivity index is 1.98. The first-order valence-corrected chi connectivity index (χ1v) is 9.05. The summed E-state index contributed by atoms with van der Waals surface area (Å²) in [4.78, 5) is 16.0. The van der Waals surface area contributed by atoms with Crippen LogP contribution in [0.5, 0.6) is 17.2 Å². The molecular formula is C18H17ClN4O3S. The molecule has 0 fully saturated rings. The van der Waals surface area contributed by atoms with E-state index in [0.717, 1.165) is 5.69 Å². The predicted octanol–water partition coefficient (Wildman–Crippen LogP) is 3.98. The summed E-state index contributed by atoms with van der Waals surface area (Å²) < 4.78 is 17.2. The summed E-state index contributed by atoms with van der Waals surface area (Å²) in [6, 6.07) is 10.3. The smallest absolute Gasteiger partial charge is 0.252 e. The molecule has 27 heavy (non-hydrogen) atoms. The van der Waals surface area contributed by atoms with Gasteiger partial charge in [0.15, 0.2) is 0 Å². The number of carbonyl (C=O) groups is 1. The van der Waals surface area contributed by atoms with E-state index in [1.165, 1.54) is 19.2 Å². The van der Waals surface area contributed by atoms with Crippen molar-refractivity contribution in [2.75, 3.05) is 18.9 Å². The van der Waals surface area contributed by atoms with Crippen molar-refractivity contribution in [1.29, 1.82) is 0 Å². The summed E-state index contributed by atoms with van der Waals surface area (Å²) in [6.45, 7) is 0. The number of aromatic nitrogens is 1. The number of hydrogen-bond donors (Lipinski definition) is 3. The minimum absolute atomic E-state index is 0.254. The van der Waals surface area contributed by atoms with E-state index in [0.29, 0.717) is 33.2 Å². The normalized spacial score (nSPS) is 10.6. The number of fused-ring (bicyclic) bond motifs is 1. The number of hydrogen-bond acceptors (Lipinski definition) is 7. The van der Waals surface area contributed by atoms with E-state index in [1.54, 1.807) is 43.6 Å². The van der Waals surface area contributed by atoms with Crippen LogP contribution in [0.15, 0.2) is 42.6 Å². The summed E-state index contributed by atoms with van der Waals surface area (Å²) in [6.07, 6.45) is 1.61. The maximum Gasteiger partial charge on any atom is 0.252 e. The van der Waals surface area contributed by atoms with Gasteiger partial charge in [0.1, 0.15) is 17.2 Å². The Kier molecular flexibility index (Phi) is 5.90. The monoisotopic (exact) mass is 404 g/mol. The van der Waals surface area contributed by atoms with E-state index in [9.17, 15) is 4.79 Å². The van der Waals surface area contributed by atoms with Crippen molar-refractivity contribution in [2.45, 2.75) is 0 Å². The Morgan fingerprint density at radius 1 is 1.22 bits per heavy atom. The molecule has 0 aliphatic carbocycles. The molecule has 0 spiro atoms. The van der Waals surface area contributed by atoms with Crippen LogP contribution in [0.3, 0.4) is 0 Å². The molecule has 1 heterocycles. The average molecular weight is 405 g/mol. The molecule has 0 saturated heterocycles. The number of anilines is 1. The molecule has 3 rings (SSSR count). The molecule has 0 saturated carbocycles. The van der Waals surface area contributed by atoms with Crippen LogP contribution in [-0.2, 0) is 0 Å². The first-order chi connectivity index (χ1) is 13.0. The van der Waals surface area contributed by atoms with Crippen molar-refractivity contribution in [2.24, 2.45) is 5.73 Å². The maximum absolute atomic E-state index is 11.7. The van der Waals surface area contributed by atoms with Crippen LogP contribution in [0.25, 0.3) is 10.9 Å². The van der Waals surface area contributed by atoms with Gasteiger partial charge in [0.25, 0.3) is 5.91 Å². The summed E-state index contributed by atoms with van der Waals surface area (Å²) in [5.41, 5.74) is 7.07. The number of pyridine rings is 1. The number of rotatable bonds is 7. The number of benzene rings is 2. The molecule has 0 atom stereocenters. The molecule has 0 radical (unpaired) electrons. The van der Waals surface area contributed by atoms with Crippen molar-refractivity contribution in [3.05, 3.63) is 53.2 Å². The minimum Gasteiger partial charge on any atom is -0.496 e. The summed E-state index contributed by atoms with van der Waals surface area (Å²) in [7, 11) is 3.27. The van der Waals surface area contributed by atoms with E-state index in [1.807, 2.05) is 6.07 Å². The highest BCUT2D eigenvalue weighted by Gasteiger charge is 2.14. The Morgan fingerprint density at radius 3 is 2.70 bits per heavy atom. The van der Waals surface area contributed by atoms with Gasteiger partial charge in [-0.1, -0.05) is 11.6 Å². The molecule has 140 valence electrons. The molecule has 4 N–H and O–H groups in total. The molecule has 7 nitrogen and oxygen atoms in total. The predicted molar refractivity (Wildman–Crippen MR) is 109 cm³/mol. The molecular weight excluding hydrogens is 388 g/mol. The maximum atomic E-state index is 11.7. The van der Waals surface area contributed by atoms with Crippen LogP contribution in [0.1, 0.15) is 10.4 Å². The van der Waals surface area contributed by atoms with Gasteiger partial charge in [0, 0.05) is 35.8 Å². The van der Waals surface area contributed by atoms with E-state index < -0.39 is 5.91 Å². The highest BCUT2D eigenvalue weighted by atomic mass is 35.5. The van der Waals surface area contributed by atoms with Crippen molar-refractivity contribution in [1.82, 2.24) is 9.71 Å². The van der Waals surface area contributed by atoms with Gasteiger partial charge in [-0.15, -0.1) is 0 Å². The second-order valence-corrected chi connectivity index (χ2v) is 6.62. The lowest BCUT2D eigenvalue weighted by Gasteiger charge is -2.13. The van der Waals surface area contributed by atoms with Crippen LogP contribution < -0.4 is 24.7 Å². The number of nitrogens with two attached hydrogens (primary N) is 1. The zero-order valence-corrected chi connectivity index (χ0v) is 16.1. The number of halogens is 1. The van der Waals surface area contributed by atoms with Crippen LogP contribution in [0, 0.1) is 0 Å². The molecule has 1 amide bonds. The Bertz CT molecular complexity index is 1000. The third kappa shape index (κ3) is 4.19. The van der Waals surface area contributed by atoms with Gasteiger partial charge >= 0.3 is 0 Å². The minimum atomic E-state index is -0.593.